The van der Waals surface area contributed by atoms with Crippen LogP contribution in [-0.2, 0) is 0 Å². The van der Waals surface area contributed by atoms with Crippen molar-refractivity contribution >= 4 is 129 Å². The zero-order chi connectivity index (χ0) is 50.7. The topological polar surface area (TPSA) is 78.1 Å². The third kappa shape index (κ3) is 5.25. The van der Waals surface area contributed by atoms with E-state index in [0.717, 1.165) is 119 Å². The summed E-state index contributed by atoms with van der Waals surface area (Å²) in [5.74, 6) is 0.138. The fourth-order valence-corrected chi connectivity index (χ4v) is 13.8. The zero-order valence-electron chi connectivity index (χ0n) is 42.5. The molecule has 0 bridgehead atoms. The predicted octanol–water partition coefficient (Wildman–Crippen LogP) is 16.2. The van der Waals surface area contributed by atoms with Gasteiger partial charge < -0.3 is 0 Å². The average Bonchev–Trinajstić information content (AvgIpc) is 3.49. The minimum Gasteiger partial charge on any atom is -0.268 e. The Labute approximate surface area is 424 Å². The largest absolute Gasteiger partial charge is 0.268 e. The van der Waals surface area contributed by atoms with E-state index in [1.54, 1.807) is 0 Å². The number of benzene rings is 13. The van der Waals surface area contributed by atoms with Crippen molar-refractivity contribution in [2.75, 3.05) is 0 Å². The summed E-state index contributed by atoms with van der Waals surface area (Å²) in [6, 6.07) is 46.1. The first-order valence-electron chi connectivity index (χ1n) is 26.2. The Balaban J connectivity index is 1.28. The highest BCUT2D eigenvalue weighted by Gasteiger charge is 2.33. The normalized spacial score (nSPS) is 13.0. The minimum absolute atomic E-state index is 0.0344. The van der Waals surface area contributed by atoms with Crippen LogP contribution in [0.2, 0.25) is 0 Å². The summed E-state index contributed by atoms with van der Waals surface area (Å²) >= 11 is 0. The first kappa shape index (κ1) is 43.1. The summed E-state index contributed by atoms with van der Waals surface area (Å²) < 4.78 is 2.98. The monoisotopic (exact) mass is 958 g/mol. The highest BCUT2D eigenvalue weighted by Crippen LogP contribution is 2.55. The van der Waals surface area contributed by atoms with Gasteiger partial charge in [-0.1, -0.05) is 140 Å². The molecule has 15 aromatic rings. The van der Waals surface area contributed by atoms with Gasteiger partial charge in [0.25, 0.3) is 22.2 Å². The number of nitrogens with zero attached hydrogens (tertiary/aromatic N) is 2. The van der Waals surface area contributed by atoms with Gasteiger partial charge in [0.15, 0.2) is 0 Å². The number of hydrogen-bond acceptors (Lipinski definition) is 4. The SMILES string of the molecule is CC(C)c1cccc(C(C)C)c1-n1c(=O)c2cc3c4cc5ccccc5cc4c4cc5c(=O)n(-c6c(C(C)C)cccc6C(C)C)c(=O)c6cc7c8cc9ccccc9cc8c8cc(c1=O)c2c1c3c4c(c56)c7c81. The summed E-state index contributed by atoms with van der Waals surface area (Å²) in [6.07, 6.45) is 0. The Hall–Kier alpha value is -8.48. The summed E-state index contributed by atoms with van der Waals surface area (Å²) in [4.78, 5) is 63.8. The molecule has 0 N–H and O–H groups in total. The molecule has 0 atom stereocenters. The van der Waals surface area contributed by atoms with Gasteiger partial charge in [-0.3, -0.25) is 19.2 Å². The molecule has 0 aliphatic heterocycles. The van der Waals surface area contributed by atoms with E-state index >= 15 is 19.2 Å². The lowest BCUT2D eigenvalue weighted by Crippen LogP contribution is -2.34. The third-order valence-electron chi connectivity index (χ3n) is 17.1. The highest BCUT2D eigenvalue weighted by atomic mass is 16.2. The zero-order valence-corrected chi connectivity index (χ0v) is 42.5. The molecule has 0 aliphatic carbocycles. The molecule has 0 fully saturated rings. The minimum atomic E-state index is -0.342. The third-order valence-corrected chi connectivity index (χ3v) is 17.1. The molecule has 13 aromatic carbocycles. The molecule has 2 aromatic heterocycles. The van der Waals surface area contributed by atoms with E-state index in [1.165, 1.54) is 9.13 Å². The summed E-state index contributed by atoms with van der Waals surface area (Å²) in [5.41, 5.74) is 3.75. The van der Waals surface area contributed by atoms with Crippen molar-refractivity contribution in [3.05, 3.63) is 197 Å². The van der Waals surface area contributed by atoms with E-state index in [-0.39, 0.29) is 45.9 Å². The number of fused-ring (bicyclic) bond motifs is 8. The van der Waals surface area contributed by atoms with Gasteiger partial charge in [-0.25, -0.2) is 9.13 Å². The van der Waals surface area contributed by atoms with E-state index in [0.29, 0.717) is 43.7 Å². The molecule has 0 spiro atoms. The number of pyridine rings is 2. The lowest BCUT2D eigenvalue weighted by Gasteiger charge is -2.27. The quantitative estimate of drug-likeness (QED) is 0.123. The van der Waals surface area contributed by atoms with Crippen LogP contribution in [0.25, 0.3) is 141 Å². The van der Waals surface area contributed by atoms with Crippen molar-refractivity contribution in [3.8, 4) is 11.4 Å². The maximum atomic E-state index is 16.0. The molecule has 356 valence electrons. The van der Waals surface area contributed by atoms with Gasteiger partial charge in [0, 0.05) is 43.1 Å². The first-order chi connectivity index (χ1) is 35.7. The van der Waals surface area contributed by atoms with Crippen LogP contribution >= 0.6 is 0 Å². The Morgan fingerprint density at radius 3 is 0.730 bits per heavy atom. The predicted molar refractivity (Wildman–Crippen MR) is 313 cm³/mol. The molecule has 15 rings (SSSR count). The second-order valence-corrected chi connectivity index (χ2v) is 22.5. The molecule has 74 heavy (non-hydrogen) atoms. The van der Waals surface area contributed by atoms with Crippen molar-refractivity contribution < 1.29 is 0 Å². The maximum Gasteiger partial charge on any atom is 0.266 e. The molecular formula is C68H50N2O4. The standard InChI is InChI=1S/C68H50N2O4/c1-31(2)39-19-13-20-40(32(3)4)63(39)69-65(71)51-27-47-43-23-35-15-9-11-17-37(35)25-45(43)49-29-53-56-54(68(74)70(67(53)73)64-41(33(5)6)21-14-22-42(64)34(7)8)30-50-46-26-38-18-12-10-16-36(38)24-44(46)48-28-52(66(69)72)55(51)61-57(47)59(49)62(56)60(50)58(48)61/h9-34H,1-8H3. The number of aromatic nitrogens is 2. The lowest BCUT2D eigenvalue weighted by atomic mass is 9.77. The summed E-state index contributed by atoms with van der Waals surface area (Å²) in [7, 11) is 0. The van der Waals surface area contributed by atoms with Crippen molar-refractivity contribution in [3.63, 3.8) is 0 Å². The molecule has 6 heteroatoms. The fraction of sp³-hybridized carbons (Fsp3) is 0.176. The van der Waals surface area contributed by atoms with Crippen LogP contribution in [0.3, 0.4) is 0 Å². The van der Waals surface area contributed by atoms with E-state index in [1.807, 2.05) is 36.4 Å². The average molecular weight is 959 g/mol. The molecular weight excluding hydrogens is 909 g/mol. The van der Waals surface area contributed by atoms with Crippen LogP contribution in [0.15, 0.2) is 153 Å². The van der Waals surface area contributed by atoms with Crippen LogP contribution in [-0.4, -0.2) is 9.13 Å². The molecule has 0 saturated heterocycles. The van der Waals surface area contributed by atoms with Gasteiger partial charge in [-0.15, -0.1) is 0 Å². The van der Waals surface area contributed by atoms with Gasteiger partial charge in [0.1, 0.15) is 0 Å². The molecule has 0 aliphatic rings. The van der Waals surface area contributed by atoms with Gasteiger partial charge in [0.05, 0.1) is 11.4 Å². The van der Waals surface area contributed by atoms with E-state index in [2.05, 4.69) is 152 Å². The van der Waals surface area contributed by atoms with Crippen LogP contribution in [0.1, 0.15) is 101 Å². The molecule has 0 saturated carbocycles. The van der Waals surface area contributed by atoms with Crippen LogP contribution in [0.4, 0.5) is 0 Å². The van der Waals surface area contributed by atoms with E-state index in [9.17, 15) is 0 Å². The van der Waals surface area contributed by atoms with Crippen molar-refractivity contribution in [2.45, 2.75) is 79.1 Å². The van der Waals surface area contributed by atoms with Crippen LogP contribution in [0, 0.1) is 0 Å². The van der Waals surface area contributed by atoms with Crippen LogP contribution in [0.5, 0.6) is 0 Å². The van der Waals surface area contributed by atoms with Gasteiger partial charge in [-0.05, 0) is 181 Å². The highest BCUT2D eigenvalue weighted by molar-refractivity contribution is 6.55. The van der Waals surface area contributed by atoms with Crippen molar-refractivity contribution in [1.29, 1.82) is 0 Å². The molecule has 0 radical (unpaired) electrons. The second-order valence-electron chi connectivity index (χ2n) is 22.5. The van der Waals surface area contributed by atoms with Gasteiger partial charge in [0.2, 0.25) is 0 Å². The Morgan fingerprint density at radius 2 is 0.500 bits per heavy atom. The van der Waals surface area contributed by atoms with E-state index in [4.69, 9.17) is 0 Å². The van der Waals surface area contributed by atoms with Gasteiger partial charge in [-0.2, -0.15) is 0 Å². The smallest absolute Gasteiger partial charge is 0.266 e. The second kappa shape index (κ2) is 14.6. The van der Waals surface area contributed by atoms with Crippen molar-refractivity contribution in [1.82, 2.24) is 9.13 Å². The maximum absolute atomic E-state index is 16.0. The number of para-hydroxylation sites is 2. The Kier molecular flexibility index (Phi) is 8.51. The summed E-state index contributed by atoms with van der Waals surface area (Å²) in [5, 5.41) is 20.2. The Bertz CT molecular complexity index is 4600. The number of hydrogen-bond donors (Lipinski definition) is 0. The molecule has 0 amide bonds. The fourth-order valence-electron chi connectivity index (χ4n) is 13.8. The van der Waals surface area contributed by atoms with Crippen LogP contribution < -0.4 is 22.2 Å². The Morgan fingerprint density at radius 1 is 0.257 bits per heavy atom. The van der Waals surface area contributed by atoms with Gasteiger partial charge >= 0.3 is 0 Å². The summed E-state index contributed by atoms with van der Waals surface area (Å²) in [6.45, 7) is 16.9. The van der Waals surface area contributed by atoms with E-state index < -0.39 is 0 Å². The lowest BCUT2D eigenvalue weighted by molar-refractivity contribution is 0.792. The molecule has 2 heterocycles. The molecule has 6 nitrogen and oxygen atoms in total. The number of rotatable bonds is 6. The first-order valence-corrected chi connectivity index (χ1v) is 26.2. The van der Waals surface area contributed by atoms with Crippen molar-refractivity contribution in [2.24, 2.45) is 0 Å². The molecule has 0 unspecified atom stereocenters.